The zero-order valence-electron chi connectivity index (χ0n) is 22.0. The maximum absolute atomic E-state index is 11.1. The van der Waals surface area contributed by atoms with Crippen LogP contribution >= 0.6 is 0 Å². The molecular weight excluding hydrogens is 416 g/mol. The van der Waals surface area contributed by atoms with Gasteiger partial charge in [-0.25, -0.2) is 0 Å². The summed E-state index contributed by atoms with van der Waals surface area (Å²) in [5.41, 5.74) is 1.94. The molecule has 0 aliphatic carbocycles. The molecule has 0 spiro atoms. The van der Waals surface area contributed by atoms with Crippen LogP contribution in [0.2, 0.25) is 36.3 Å². The van der Waals surface area contributed by atoms with Crippen molar-refractivity contribution >= 4 is 16.6 Å². The van der Waals surface area contributed by atoms with E-state index in [4.69, 9.17) is 8.85 Å². The van der Waals surface area contributed by atoms with Gasteiger partial charge in [0.25, 0.3) is 0 Å². The molecule has 0 unspecified atom stereocenters. The third-order valence-corrected chi connectivity index (χ3v) is 16.4. The first-order valence-corrected chi connectivity index (χ1v) is 17.4. The maximum atomic E-state index is 11.1. The molecule has 1 aromatic rings. The van der Waals surface area contributed by atoms with Crippen molar-refractivity contribution in [1.82, 2.24) is 0 Å². The van der Waals surface area contributed by atoms with Crippen molar-refractivity contribution in [2.24, 2.45) is 5.92 Å². The number of hydrogen-bond acceptors (Lipinski definition) is 3. The molecular formula is C26H48O3Si2. The minimum Gasteiger partial charge on any atom is -0.417 e. The maximum Gasteiger partial charge on any atom is 0.192 e. The number of benzene rings is 1. The Hall–Kier alpha value is -0.726. The highest BCUT2D eigenvalue weighted by atomic mass is 28.4. The summed E-state index contributed by atoms with van der Waals surface area (Å²) in [6, 6.07) is 9.87. The van der Waals surface area contributed by atoms with Gasteiger partial charge in [-0.2, -0.15) is 0 Å². The van der Waals surface area contributed by atoms with Gasteiger partial charge in [0.15, 0.2) is 16.6 Å². The van der Waals surface area contributed by atoms with Crippen molar-refractivity contribution in [2.75, 3.05) is 6.61 Å². The second-order valence-corrected chi connectivity index (χ2v) is 21.6. The van der Waals surface area contributed by atoms with Crippen LogP contribution in [-0.4, -0.2) is 34.5 Å². The van der Waals surface area contributed by atoms with E-state index < -0.39 is 22.7 Å². The molecule has 1 rings (SSSR count). The number of hydrogen-bond donors (Lipinski definition) is 1. The van der Waals surface area contributed by atoms with Crippen molar-refractivity contribution in [3.63, 3.8) is 0 Å². The fourth-order valence-corrected chi connectivity index (χ4v) is 5.39. The Morgan fingerprint density at radius 2 is 1.42 bits per heavy atom. The van der Waals surface area contributed by atoms with Crippen molar-refractivity contribution in [3.05, 3.63) is 48.0 Å². The van der Waals surface area contributed by atoms with E-state index >= 15 is 0 Å². The van der Waals surface area contributed by atoms with Gasteiger partial charge < -0.3 is 14.0 Å². The van der Waals surface area contributed by atoms with Gasteiger partial charge in [0.1, 0.15) is 0 Å². The molecule has 1 N–H and O–H groups in total. The monoisotopic (exact) mass is 464 g/mol. The zero-order valence-corrected chi connectivity index (χ0v) is 24.0. The van der Waals surface area contributed by atoms with Crippen LogP contribution in [0.1, 0.15) is 66.6 Å². The van der Waals surface area contributed by atoms with Crippen LogP contribution < -0.4 is 0 Å². The van der Waals surface area contributed by atoms with Gasteiger partial charge in [0.05, 0.1) is 12.2 Å². The fourth-order valence-electron chi connectivity index (χ4n) is 2.97. The van der Waals surface area contributed by atoms with E-state index in [1.165, 1.54) is 0 Å². The van der Waals surface area contributed by atoms with Crippen LogP contribution in [0.15, 0.2) is 42.5 Å². The minimum atomic E-state index is -2.05. The summed E-state index contributed by atoms with van der Waals surface area (Å²) in [4.78, 5) is 0. The van der Waals surface area contributed by atoms with Crippen LogP contribution in [0.25, 0.3) is 0 Å². The molecule has 3 nitrogen and oxygen atoms in total. The Labute approximate surface area is 194 Å². The van der Waals surface area contributed by atoms with E-state index in [1.54, 1.807) is 0 Å². The van der Waals surface area contributed by atoms with Crippen LogP contribution in [0.3, 0.4) is 0 Å². The molecule has 178 valence electrons. The predicted octanol–water partition coefficient (Wildman–Crippen LogP) is 7.71. The smallest absolute Gasteiger partial charge is 0.192 e. The number of aliphatic hydroxyl groups is 1. The first kappa shape index (κ1) is 28.3. The molecule has 5 heteroatoms. The number of aliphatic hydroxyl groups excluding tert-OH is 1. The largest absolute Gasteiger partial charge is 0.417 e. The molecule has 31 heavy (non-hydrogen) atoms. The lowest BCUT2D eigenvalue weighted by Gasteiger charge is -2.42. The van der Waals surface area contributed by atoms with Crippen LogP contribution in [0.4, 0.5) is 0 Å². The summed E-state index contributed by atoms with van der Waals surface area (Å²) in [6.07, 6.45) is -0.0642. The summed E-state index contributed by atoms with van der Waals surface area (Å²) in [6.45, 7) is 29.8. The van der Waals surface area contributed by atoms with Gasteiger partial charge in [0.2, 0.25) is 0 Å². The Kier molecular flexibility index (Phi) is 9.56. The van der Waals surface area contributed by atoms with Gasteiger partial charge in [0, 0.05) is 12.5 Å². The Morgan fingerprint density at radius 3 is 1.87 bits per heavy atom. The molecule has 0 aliphatic rings. The summed E-state index contributed by atoms with van der Waals surface area (Å²) in [7, 11) is -3.86. The molecule has 0 saturated carbocycles. The average molecular weight is 465 g/mol. The van der Waals surface area contributed by atoms with Gasteiger partial charge in [-0.1, -0.05) is 85.4 Å². The lowest BCUT2D eigenvalue weighted by molar-refractivity contribution is 0.0421. The summed E-state index contributed by atoms with van der Waals surface area (Å²) < 4.78 is 13.3. The standard InChI is InChI=1S/C26H48O3Si2/c1-20(18-19-28-30(9,10)25(3,4)5)24(29-31(11,12)26(6,7)8)21(2)23(27)22-16-14-13-15-17-22/h13-17,21,23-24,27H,1,18-19H2,2-12H3/t21-,23-,24-/m1/s1. The highest BCUT2D eigenvalue weighted by Crippen LogP contribution is 2.41. The van der Waals surface area contributed by atoms with Crippen LogP contribution in [0.5, 0.6) is 0 Å². The molecule has 0 aromatic heterocycles. The summed E-state index contributed by atoms with van der Waals surface area (Å²) in [5.74, 6) is -0.100. The molecule has 0 bridgehead atoms. The average Bonchev–Trinajstić information content (AvgIpc) is 2.63. The first-order valence-electron chi connectivity index (χ1n) is 11.6. The molecule has 1 aromatic carbocycles. The van der Waals surface area contributed by atoms with E-state index in [0.717, 1.165) is 17.6 Å². The topological polar surface area (TPSA) is 38.7 Å². The zero-order chi connectivity index (χ0) is 24.3. The van der Waals surface area contributed by atoms with E-state index in [-0.39, 0.29) is 22.1 Å². The molecule has 0 saturated heterocycles. The summed E-state index contributed by atoms with van der Waals surface area (Å²) in [5, 5.41) is 11.4. The molecule has 3 atom stereocenters. The fraction of sp³-hybridized carbons (Fsp3) is 0.692. The van der Waals surface area contributed by atoms with Crippen molar-refractivity contribution in [2.45, 2.75) is 103 Å². The Balaban J connectivity index is 3.05. The highest BCUT2D eigenvalue weighted by molar-refractivity contribution is 6.74. The first-order chi connectivity index (χ1) is 13.9. The molecule has 0 heterocycles. The molecule has 0 radical (unpaired) electrons. The molecule has 0 amide bonds. The van der Waals surface area contributed by atoms with Gasteiger partial charge in [-0.3, -0.25) is 0 Å². The van der Waals surface area contributed by atoms with Gasteiger partial charge >= 0.3 is 0 Å². The minimum absolute atomic E-state index is 0.0839. The van der Waals surface area contributed by atoms with Crippen molar-refractivity contribution in [1.29, 1.82) is 0 Å². The van der Waals surface area contributed by atoms with E-state index in [0.29, 0.717) is 6.61 Å². The SMILES string of the molecule is C=C(CCO[Si](C)(C)C(C)(C)C)[C@@H](O[Si](C)(C)C(C)(C)C)[C@H](C)[C@@H](O)c1ccccc1. The van der Waals surface area contributed by atoms with Gasteiger partial charge in [-0.15, -0.1) is 0 Å². The van der Waals surface area contributed by atoms with E-state index in [1.807, 2.05) is 30.3 Å². The van der Waals surface area contributed by atoms with Crippen LogP contribution in [0, 0.1) is 5.92 Å². The summed E-state index contributed by atoms with van der Waals surface area (Å²) >= 11 is 0. The lowest BCUT2D eigenvalue weighted by atomic mass is 9.88. The van der Waals surface area contributed by atoms with Crippen molar-refractivity contribution < 1.29 is 14.0 Å². The predicted molar refractivity (Wildman–Crippen MR) is 140 cm³/mol. The number of rotatable bonds is 10. The van der Waals surface area contributed by atoms with Crippen molar-refractivity contribution in [3.8, 4) is 0 Å². The van der Waals surface area contributed by atoms with E-state index in [2.05, 4.69) is 81.2 Å². The molecule has 0 fully saturated rings. The van der Waals surface area contributed by atoms with E-state index in [9.17, 15) is 5.11 Å². The molecule has 0 aliphatic heterocycles. The second kappa shape index (κ2) is 10.5. The quantitative estimate of drug-likeness (QED) is 0.284. The third kappa shape index (κ3) is 7.67. The van der Waals surface area contributed by atoms with Gasteiger partial charge in [-0.05, 0) is 53.8 Å². The Morgan fingerprint density at radius 1 is 0.935 bits per heavy atom. The third-order valence-electron chi connectivity index (χ3n) is 7.44. The second-order valence-electron chi connectivity index (χ2n) is 12.0. The highest BCUT2D eigenvalue weighted by Gasteiger charge is 2.42. The normalized spacial score (nSPS) is 16.6. The lowest BCUT2D eigenvalue weighted by Crippen LogP contribution is -2.47. The van der Waals surface area contributed by atoms with Crippen LogP contribution in [-0.2, 0) is 8.85 Å². The Bertz CT molecular complexity index is 700.